The van der Waals surface area contributed by atoms with E-state index in [9.17, 15) is 4.79 Å². The minimum Gasteiger partial charge on any atom is -0.497 e. The molecule has 7 heteroatoms. The molecule has 0 aliphatic heterocycles. The van der Waals surface area contributed by atoms with Crippen molar-refractivity contribution < 1.29 is 14.3 Å². The molecule has 1 aromatic carbocycles. The molecule has 22 heavy (non-hydrogen) atoms. The van der Waals surface area contributed by atoms with Gasteiger partial charge in [0.1, 0.15) is 11.5 Å². The van der Waals surface area contributed by atoms with Gasteiger partial charge in [-0.25, -0.2) is 10.4 Å². The normalized spacial score (nSPS) is 10.7. The van der Waals surface area contributed by atoms with Gasteiger partial charge in [-0.3, -0.25) is 4.79 Å². The SMILES string of the molecule is COc1cc(/C=N/NC(=O)Cc2csc(C)n2)cc(OC)c1. The molecule has 0 saturated carbocycles. The van der Waals surface area contributed by atoms with Crippen molar-refractivity contribution in [2.75, 3.05) is 14.2 Å². The fraction of sp³-hybridized carbons (Fsp3) is 0.267. The number of carbonyl (C=O) groups excluding carboxylic acids is 1. The molecule has 2 aromatic rings. The number of aryl methyl sites for hydroxylation is 1. The fourth-order valence-corrected chi connectivity index (χ4v) is 2.39. The molecule has 0 spiro atoms. The van der Waals surface area contributed by atoms with Crippen LogP contribution in [0.4, 0.5) is 0 Å². The highest BCUT2D eigenvalue weighted by Crippen LogP contribution is 2.21. The fourth-order valence-electron chi connectivity index (χ4n) is 1.78. The smallest absolute Gasteiger partial charge is 0.246 e. The van der Waals surface area contributed by atoms with E-state index in [1.54, 1.807) is 32.4 Å². The first-order chi connectivity index (χ1) is 10.6. The monoisotopic (exact) mass is 319 g/mol. The molecule has 1 amide bonds. The van der Waals surface area contributed by atoms with E-state index in [0.717, 1.165) is 16.3 Å². The van der Waals surface area contributed by atoms with Gasteiger partial charge in [0, 0.05) is 17.0 Å². The van der Waals surface area contributed by atoms with Crippen LogP contribution in [0, 0.1) is 6.92 Å². The molecule has 1 heterocycles. The minimum atomic E-state index is -0.212. The van der Waals surface area contributed by atoms with Crippen LogP contribution in [-0.4, -0.2) is 31.3 Å². The zero-order chi connectivity index (χ0) is 15.9. The number of hydrogen-bond donors (Lipinski definition) is 1. The lowest BCUT2D eigenvalue weighted by Gasteiger charge is -2.05. The van der Waals surface area contributed by atoms with E-state index in [1.807, 2.05) is 12.3 Å². The number of benzene rings is 1. The molecule has 1 aromatic heterocycles. The van der Waals surface area contributed by atoms with Crippen LogP contribution < -0.4 is 14.9 Å². The van der Waals surface area contributed by atoms with Gasteiger partial charge in [0.2, 0.25) is 5.91 Å². The molecule has 0 atom stereocenters. The third kappa shape index (κ3) is 4.56. The number of nitrogens with one attached hydrogen (secondary N) is 1. The number of rotatable bonds is 6. The predicted molar refractivity (Wildman–Crippen MR) is 85.8 cm³/mol. The summed E-state index contributed by atoms with van der Waals surface area (Å²) < 4.78 is 10.3. The van der Waals surface area contributed by atoms with Crippen LogP contribution in [0.2, 0.25) is 0 Å². The highest BCUT2D eigenvalue weighted by molar-refractivity contribution is 7.09. The molecule has 1 N–H and O–H groups in total. The Morgan fingerprint density at radius 1 is 1.32 bits per heavy atom. The van der Waals surface area contributed by atoms with Crippen molar-refractivity contribution in [2.45, 2.75) is 13.3 Å². The van der Waals surface area contributed by atoms with E-state index in [4.69, 9.17) is 9.47 Å². The Kier molecular flexibility index (Phi) is 5.48. The van der Waals surface area contributed by atoms with Crippen LogP contribution >= 0.6 is 11.3 Å². The number of methoxy groups -OCH3 is 2. The first-order valence-electron chi connectivity index (χ1n) is 6.56. The Bertz CT molecular complexity index is 660. The first kappa shape index (κ1) is 16.0. The van der Waals surface area contributed by atoms with Gasteiger partial charge in [0.05, 0.1) is 37.6 Å². The quantitative estimate of drug-likeness (QED) is 0.654. The molecule has 0 bridgehead atoms. The van der Waals surface area contributed by atoms with E-state index in [-0.39, 0.29) is 12.3 Å². The summed E-state index contributed by atoms with van der Waals surface area (Å²) >= 11 is 1.52. The Morgan fingerprint density at radius 3 is 2.55 bits per heavy atom. The summed E-state index contributed by atoms with van der Waals surface area (Å²) in [6, 6.07) is 5.35. The summed E-state index contributed by atoms with van der Waals surface area (Å²) in [4.78, 5) is 16.0. The maximum absolute atomic E-state index is 11.7. The van der Waals surface area contributed by atoms with E-state index in [1.165, 1.54) is 17.6 Å². The van der Waals surface area contributed by atoms with Crippen molar-refractivity contribution in [3.63, 3.8) is 0 Å². The van der Waals surface area contributed by atoms with Gasteiger partial charge in [-0.15, -0.1) is 11.3 Å². The maximum Gasteiger partial charge on any atom is 0.246 e. The van der Waals surface area contributed by atoms with Gasteiger partial charge >= 0.3 is 0 Å². The average Bonchev–Trinajstić information content (AvgIpc) is 2.91. The molecular weight excluding hydrogens is 302 g/mol. The Balaban J connectivity index is 1.95. The van der Waals surface area contributed by atoms with Crippen molar-refractivity contribution in [3.8, 4) is 11.5 Å². The van der Waals surface area contributed by atoms with Gasteiger partial charge < -0.3 is 9.47 Å². The van der Waals surface area contributed by atoms with Gasteiger partial charge in [-0.05, 0) is 19.1 Å². The Hall–Kier alpha value is -2.41. The second kappa shape index (κ2) is 7.56. The molecule has 0 fully saturated rings. The average molecular weight is 319 g/mol. The number of ether oxygens (including phenoxy) is 2. The lowest BCUT2D eigenvalue weighted by atomic mass is 10.2. The van der Waals surface area contributed by atoms with Crippen LogP contribution in [-0.2, 0) is 11.2 Å². The number of hydrogen-bond acceptors (Lipinski definition) is 6. The second-order valence-corrected chi connectivity index (χ2v) is 5.54. The highest BCUT2D eigenvalue weighted by Gasteiger charge is 2.05. The first-order valence-corrected chi connectivity index (χ1v) is 7.44. The standard InChI is InChI=1S/C15H17N3O3S/c1-10-17-12(9-22-10)6-15(19)18-16-8-11-4-13(20-2)7-14(5-11)21-3/h4-5,7-9H,6H2,1-3H3,(H,18,19)/b16-8+. The van der Waals surface area contributed by atoms with Crippen molar-refractivity contribution in [1.29, 1.82) is 0 Å². The van der Waals surface area contributed by atoms with Crippen LogP contribution in [0.1, 0.15) is 16.3 Å². The van der Waals surface area contributed by atoms with Gasteiger partial charge in [0.15, 0.2) is 0 Å². The lowest BCUT2D eigenvalue weighted by molar-refractivity contribution is -0.120. The number of nitrogens with zero attached hydrogens (tertiary/aromatic N) is 2. The molecule has 0 aliphatic carbocycles. The summed E-state index contributed by atoms with van der Waals surface area (Å²) in [6.07, 6.45) is 1.75. The summed E-state index contributed by atoms with van der Waals surface area (Å²) in [5.74, 6) is 1.10. The van der Waals surface area contributed by atoms with Crippen molar-refractivity contribution in [2.24, 2.45) is 5.10 Å². The van der Waals surface area contributed by atoms with Crippen molar-refractivity contribution in [1.82, 2.24) is 10.4 Å². The van der Waals surface area contributed by atoms with E-state index < -0.39 is 0 Å². The minimum absolute atomic E-state index is 0.211. The number of thiazole rings is 1. The second-order valence-electron chi connectivity index (χ2n) is 4.47. The molecular formula is C15H17N3O3S. The largest absolute Gasteiger partial charge is 0.497 e. The lowest BCUT2D eigenvalue weighted by Crippen LogP contribution is -2.19. The number of aromatic nitrogens is 1. The van der Waals surface area contributed by atoms with E-state index in [2.05, 4.69) is 15.5 Å². The maximum atomic E-state index is 11.7. The number of carbonyl (C=O) groups is 1. The third-order valence-corrected chi connectivity index (χ3v) is 3.61. The van der Waals surface area contributed by atoms with Crippen LogP contribution in [0.25, 0.3) is 0 Å². The predicted octanol–water partition coefficient (Wildman–Crippen LogP) is 2.16. The molecule has 0 radical (unpaired) electrons. The molecule has 116 valence electrons. The van der Waals surface area contributed by atoms with Gasteiger partial charge in [-0.2, -0.15) is 5.10 Å². The van der Waals surface area contributed by atoms with Crippen LogP contribution in [0.5, 0.6) is 11.5 Å². The summed E-state index contributed by atoms with van der Waals surface area (Å²) in [5.41, 5.74) is 3.99. The molecule has 2 rings (SSSR count). The molecule has 0 saturated heterocycles. The van der Waals surface area contributed by atoms with Crippen LogP contribution in [0.15, 0.2) is 28.7 Å². The van der Waals surface area contributed by atoms with Gasteiger partial charge in [-0.1, -0.05) is 0 Å². The zero-order valence-corrected chi connectivity index (χ0v) is 13.4. The van der Waals surface area contributed by atoms with Crippen LogP contribution in [0.3, 0.4) is 0 Å². The van der Waals surface area contributed by atoms with Crippen molar-refractivity contribution >= 4 is 23.5 Å². The van der Waals surface area contributed by atoms with Crippen molar-refractivity contribution in [3.05, 3.63) is 39.8 Å². The number of hydrazone groups is 1. The highest BCUT2D eigenvalue weighted by atomic mass is 32.1. The molecule has 0 unspecified atom stereocenters. The van der Waals surface area contributed by atoms with Gasteiger partial charge in [0.25, 0.3) is 0 Å². The summed E-state index contributed by atoms with van der Waals surface area (Å²) in [7, 11) is 3.15. The number of amides is 1. The summed E-state index contributed by atoms with van der Waals surface area (Å²) in [6.45, 7) is 1.90. The van der Waals surface area contributed by atoms with E-state index >= 15 is 0 Å². The topological polar surface area (TPSA) is 72.8 Å². The summed E-state index contributed by atoms with van der Waals surface area (Å²) in [5, 5.41) is 6.74. The zero-order valence-electron chi connectivity index (χ0n) is 12.6. The van der Waals surface area contributed by atoms with E-state index in [0.29, 0.717) is 11.5 Å². The molecule has 6 nitrogen and oxygen atoms in total. The Morgan fingerprint density at radius 2 is 2.00 bits per heavy atom. The molecule has 0 aliphatic rings. The third-order valence-electron chi connectivity index (χ3n) is 2.78. The Labute approximate surface area is 132 Å².